The Bertz CT molecular complexity index is 1090. The van der Waals surface area contributed by atoms with E-state index in [9.17, 15) is 9.18 Å². The molecule has 3 heterocycles. The summed E-state index contributed by atoms with van der Waals surface area (Å²) in [5.74, 6) is 0.00271. The van der Waals surface area contributed by atoms with Gasteiger partial charge in [-0.25, -0.2) is 0 Å². The number of nitrogens with zero attached hydrogens (tertiary/aromatic N) is 5. The van der Waals surface area contributed by atoms with Crippen molar-refractivity contribution in [1.82, 2.24) is 24.9 Å². The molecular weight excluding hydrogens is 385 g/mol. The number of piperidine rings is 1. The van der Waals surface area contributed by atoms with Gasteiger partial charge in [-0.05, 0) is 50.8 Å². The van der Waals surface area contributed by atoms with Crippen LogP contribution in [0.4, 0.5) is 4.39 Å². The topological polar surface area (TPSA) is 73.1 Å². The molecule has 0 radical (unpaired) electrons. The van der Waals surface area contributed by atoms with Crippen LogP contribution in [0.25, 0.3) is 5.69 Å². The van der Waals surface area contributed by atoms with Gasteiger partial charge in [-0.2, -0.15) is 24.4 Å². The quantitative estimate of drug-likeness (QED) is 0.621. The molecule has 1 saturated carbocycles. The summed E-state index contributed by atoms with van der Waals surface area (Å²) in [6.45, 7) is 3.75. The number of ether oxygens (including phenoxy) is 1. The number of hydrogen-bond acceptors (Lipinski definition) is 5. The zero-order valence-corrected chi connectivity index (χ0v) is 16.8. The molecule has 0 N–H and O–H groups in total. The Hall–Kier alpha value is -3.29. The second-order valence-electron chi connectivity index (χ2n) is 8.00. The molecule has 4 unspecified atom stereocenters. The smallest absolute Gasteiger partial charge is 0.256 e. The van der Waals surface area contributed by atoms with Gasteiger partial charge in [-0.1, -0.05) is 12.1 Å². The molecule has 1 amide bonds. The second-order valence-corrected chi connectivity index (χ2v) is 8.00. The Balaban J connectivity index is 1.42. The molecule has 1 saturated heterocycles. The van der Waals surface area contributed by atoms with Gasteiger partial charge in [-0.15, -0.1) is 0 Å². The summed E-state index contributed by atoms with van der Waals surface area (Å²) in [5.41, 5.74) is 1.66. The molecule has 1 aliphatic heterocycles. The van der Waals surface area contributed by atoms with Crippen molar-refractivity contribution in [1.29, 1.82) is 0 Å². The molecule has 154 valence electrons. The van der Waals surface area contributed by atoms with E-state index in [-0.39, 0.29) is 30.0 Å². The number of benzene rings is 1. The van der Waals surface area contributed by atoms with Crippen molar-refractivity contribution >= 4 is 5.91 Å². The van der Waals surface area contributed by atoms with E-state index in [1.54, 1.807) is 37.5 Å². The summed E-state index contributed by atoms with van der Waals surface area (Å²) >= 11 is 0. The molecular formula is C22H22FN5O2. The number of likely N-dealkylation sites (tertiary alicyclic amines) is 1. The number of fused-ring (bicyclic) bond motifs is 2. The average Bonchev–Trinajstić information content (AvgIpc) is 3.47. The van der Waals surface area contributed by atoms with Gasteiger partial charge in [-0.3, -0.25) is 4.79 Å². The molecule has 8 heteroatoms. The lowest BCUT2D eigenvalue weighted by Crippen LogP contribution is -2.51. The number of hydrogen-bond donors (Lipinski definition) is 0. The summed E-state index contributed by atoms with van der Waals surface area (Å²) in [7, 11) is 0. The third-order valence-corrected chi connectivity index (χ3v) is 6.27. The maximum atomic E-state index is 13.8. The summed E-state index contributed by atoms with van der Waals surface area (Å²) in [4.78, 5) is 20.9. The number of carbonyl (C=O) groups excluding carboxylic acids is 1. The van der Waals surface area contributed by atoms with Crippen molar-refractivity contribution < 1.29 is 13.9 Å². The first-order valence-electron chi connectivity index (χ1n) is 10.1. The Morgan fingerprint density at radius 2 is 1.90 bits per heavy atom. The van der Waals surface area contributed by atoms with Crippen molar-refractivity contribution in [2.75, 3.05) is 0 Å². The second kappa shape index (κ2) is 7.19. The standard InChI is InChI=1S/C22H22FN5O2/c1-13-7-8-20(26-21(13)23)30-19-12-15-11-18(19)27(14(15)2)22(29)16-5-3-4-6-17(16)28-24-9-10-25-28/h3-10,14-15,18-19H,11-12H2,1-2H3. The summed E-state index contributed by atoms with van der Waals surface area (Å²) in [5, 5.41) is 8.35. The van der Waals surface area contributed by atoms with Crippen LogP contribution >= 0.6 is 0 Å². The molecule has 0 spiro atoms. The maximum absolute atomic E-state index is 13.8. The third kappa shape index (κ3) is 3.03. The van der Waals surface area contributed by atoms with Crippen LogP contribution < -0.4 is 4.74 Å². The fourth-order valence-electron chi connectivity index (χ4n) is 4.71. The summed E-state index contributed by atoms with van der Waals surface area (Å²) in [6.07, 6.45) is 4.65. The molecule has 1 aliphatic carbocycles. The van der Waals surface area contributed by atoms with Gasteiger partial charge >= 0.3 is 0 Å². The van der Waals surface area contributed by atoms with Gasteiger partial charge in [0.1, 0.15) is 6.10 Å². The van der Waals surface area contributed by atoms with Crippen LogP contribution in [0.5, 0.6) is 5.88 Å². The van der Waals surface area contributed by atoms with Crippen LogP contribution in [-0.2, 0) is 0 Å². The molecule has 7 nitrogen and oxygen atoms in total. The van der Waals surface area contributed by atoms with Crippen LogP contribution in [-0.4, -0.2) is 49.0 Å². The lowest BCUT2D eigenvalue weighted by molar-refractivity contribution is 0.0311. The van der Waals surface area contributed by atoms with Crippen molar-refractivity contribution in [3.05, 3.63) is 65.9 Å². The Morgan fingerprint density at radius 3 is 2.63 bits per heavy atom. The first-order chi connectivity index (χ1) is 14.5. The van der Waals surface area contributed by atoms with Crippen LogP contribution in [0.15, 0.2) is 48.8 Å². The lowest BCUT2D eigenvalue weighted by Gasteiger charge is -2.38. The molecule has 4 atom stereocenters. The fourth-order valence-corrected chi connectivity index (χ4v) is 4.71. The fraction of sp³-hybridized carbons (Fsp3) is 0.364. The number of rotatable bonds is 4. The Kier molecular flexibility index (Phi) is 4.49. The normalized spacial score (nSPS) is 25.0. The highest BCUT2D eigenvalue weighted by atomic mass is 19.1. The highest BCUT2D eigenvalue weighted by molar-refractivity contribution is 5.98. The first-order valence-corrected chi connectivity index (χ1v) is 10.1. The molecule has 3 aromatic rings. The van der Waals surface area contributed by atoms with E-state index >= 15 is 0 Å². The number of para-hydroxylation sites is 1. The van der Waals surface area contributed by atoms with E-state index in [4.69, 9.17) is 4.74 Å². The minimum absolute atomic E-state index is 0.0701. The van der Waals surface area contributed by atoms with Crippen LogP contribution in [0.2, 0.25) is 0 Å². The maximum Gasteiger partial charge on any atom is 0.256 e. The largest absolute Gasteiger partial charge is 0.472 e. The molecule has 1 aromatic carbocycles. The summed E-state index contributed by atoms with van der Waals surface area (Å²) < 4.78 is 19.9. The van der Waals surface area contributed by atoms with E-state index in [0.29, 0.717) is 22.7 Å². The molecule has 2 bridgehead atoms. The molecule has 2 fully saturated rings. The van der Waals surface area contributed by atoms with Crippen LogP contribution in [0, 0.1) is 18.8 Å². The highest BCUT2D eigenvalue weighted by Gasteiger charge is 2.53. The van der Waals surface area contributed by atoms with Crippen LogP contribution in [0.3, 0.4) is 0 Å². The van der Waals surface area contributed by atoms with Crippen molar-refractivity contribution in [2.45, 2.75) is 44.9 Å². The van der Waals surface area contributed by atoms with Crippen LogP contribution in [0.1, 0.15) is 35.7 Å². The molecule has 2 aliphatic rings. The van der Waals surface area contributed by atoms with Gasteiger partial charge < -0.3 is 9.64 Å². The van der Waals surface area contributed by atoms with E-state index in [1.165, 1.54) is 4.80 Å². The predicted octanol–water partition coefficient (Wildman–Crippen LogP) is 3.18. The van der Waals surface area contributed by atoms with E-state index < -0.39 is 5.95 Å². The van der Waals surface area contributed by atoms with Gasteiger partial charge in [0.05, 0.1) is 29.7 Å². The number of carbonyl (C=O) groups is 1. The minimum Gasteiger partial charge on any atom is -0.472 e. The zero-order chi connectivity index (χ0) is 20.8. The molecule has 2 aromatic heterocycles. The van der Waals surface area contributed by atoms with E-state index in [0.717, 1.165) is 12.8 Å². The van der Waals surface area contributed by atoms with Gasteiger partial charge in [0.25, 0.3) is 5.91 Å². The number of halogens is 1. The monoisotopic (exact) mass is 407 g/mol. The molecule has 5 rings (SSSR count). The lowest BCUT2D eigenvalue weighted by atomic mass is 9.98. The summed E-state index contributed by atoms with van der Waals surface area (Å²) in [6, 6.07) is 10.7. The van der Waals surface area contributed by atoms with Crippen molar-refractivity contribution in [3.8, 4) is 11.6 Å². The van der Waals surface area contributed by atoms with Gasteiger partial charge in [0.2, 0.25) is 11.8 Å². The Morgan fingerprint density at radius 1 is 1.13 bits per heavy atom. The zero-order valence-electron chi connectivity index (χ0n) is 16.8. The number of aromatic nitrogens is 4. The number of amides is 1. The highest BCUT2D eigenvalue weighted by Crippen LogP contribution is 2.44. The first kappa shape index (κ1) is 18.7. The predicted molar refractivity (Wildman–Crippen MR) is 107 cm³/mol. The average molecular weight is 407 g/mol. The number of pyridine rings is 1. The number of aryl methyl sites for hydroxylation is 1. The SMILES string of the molecule is Cc1ccc(OC2CC3CC2N(C(=O)c2ccccc2-n2nccn2)C3C)nc1F. The third-order valence-electron chi connectivity index (χ3n) is 6.27. The van der Waals surface area contributed by atoms with Gasteiger partial charge in [0.15, 0.2) is 0 Å². The minimum atomic E-state index is -0.530. The van der Waals surface area contributed by atoms with Gasteiger partial charge in [0, 0.05) is 17.7 Å². The van der Waals surface area contributed by atoms with Crippen molar-refractivity contribution in [3.63, 3.8) is 0 Å². The van der Waals surface area contributed by atoms with Crippen molar-refractivity contribution in [2.24, 2.45) is 5.92 Å². The van der Waals surface area contributed by atoms with E-state index in [2.05, 4.69) is 22.1 Å². The Labute approximate surface area is 173 Å². The van der Waals surface area contributed by atoms with E-state index in [1.807, 2.05) is 23.1 Å². The molecule has 30 heavy (non-hydrogen) atoms.